The average molecular weight is 246 g/mol. The topological polar surface area (TPSA) is 66.1 Å². The van der Waals surface area contributed by atoms with Gasteiger partial charge in [-0.05, 0) is 24.8 Å². The van der Waals surface area contributed by atoms with Crippen LogP contribution >= 0.6 is 0 Å². The summed E-state index contributed by atoms with van der Waals surface area (Å²) in [6, 6.07) is 7.23. The van der Waals surface area contributed by atoms with E-state index in [4.69, 9.17) is 10.00 Å². The summed E-state index contributed by atoms with van der Waals surface area (Å²) < 4.78 is 5.65. The van der Waals surface area contributed by atoms with Crippen LogP contribution in [0.2, 0.25) is 0 Å². The molecule has 1 N–H and O–H groups in total. The Morgan fingerprint density at radius 2 is 2.22 bits per heavy atom. The second-order valence-electron chi connectivity index (χ2n) is 4.74. The zero-order valence-corrected chi connectivity index (χ0v) is 10.4. The minimum absolute atomic E-state index is 0.0546. The molecule has 4 nitrogen and oxygen atoms in total. The fourth-order valence-corrected chi connectivity index (χ4v) is 2.27. The van der Waals surface area contributed by atoms with Gasteiger partial charge in [-0.15, -0.1) is 0 Å². The standard InChI is InChI=1S/C14H18N2O2/c15-9-8-13(17)12-6-3-7-14(16-12)18-10-11-4-1-2-5-11/h3,6-7,11,13,17H,1-2,4-5,8,10H2/t13-/m1/s1. The quantitative estimate of drug-likeness (QED) is 0.867. The number of nitriles is 1. The molecule has 1 fully saturated rings. The van der Waals surface area contributed by atoms with Crippen LogP contribution in [0.5, 0.6) is 5.88 Å². The number of aliphatic hydroxyl groups is 1. The molecule has 0 bridgehead atoms. The molecule has 96 valence electrons. The maximum atomic E-state index is 9.68. The van der Waals surface area contributed by atoms with Crippen molar-refractivity contribution >= 4 is 0 Å². The Morgan fingerprint density at radius 1 is 1.44 bits per heavy atom. The second-order valence-corrected chi connectivity index (χ2v) is 4.74. The van der Waals surface area contributed by atoms with Crippen LogP contribution in [-0.2, 0) is 0 Å². The van der Waals surface area contributed by atoms with E-state index in [2.05, 4.69) is 4.98 Å². The number of aliphatic hydroxyl groups excluding tert-OH is 1. The maximum absolute atomic E-state index is 9.68. The molecule has 18 heavy (non-hydrogen) atoms. The summed E-state index contributed by atoms with van der Waals surface area (Å²) in [5.41, 5.74) is 0.500. The van der Waals surface area contributed by atoms with E-state index in [1.807, 2.05) is 6.07 Å². The molecule has 1 aromatic rings. The molecule has 0 unspecified atom stereocenters. The second kappa shape index (κ2) is 6.36. The Kier molecular flexibility index (Phi) is 4.54. The maximum Gasteiger partial charge on any atom is 0.213 e. The monoisotopic (exact) mass is 246 g/mol. The predicted octanol–water partition coefficient (Wildman–Crippen LogP) is 2.60. The molecule has 0 amide bonds. The van der Waals surface area contributed by atoms with Gasteiger partial charge in [-0.25, -0.2) is 4.98 Å². The molecular weight excluding hydrogens is 228 g/mol. The third kappa shape index (κ3) is 3.44. The normalized spacial score (nSPS) is 17.3. The summed E-state index contributed by atoms with van der Waals surface area (Å²) in [5.74, 6) is 1.18. The van der Waals surface area contributed by atoms with Gasteiger partial charge in [-0.2, -0.15) is 5.26 Å². The van der Waals surface area contributed by atoms with E-state index in [1.165, 1.54) is 25.7 Å². The highest BCUT2D eigenvalue weighted by molar-refractivity contribution is 5.18. The van der Waals surface area contributed by atoms with Gasteiger partial charge < -0.3 is 9.84 Å². The largest absolute Gasteiger partial charge is 0.477 e. The highest BCUT2D eigenvalue weighted by Crippen LogP contribution is 2.25. The van der Waals surface area contributed by atoms with Crippen LogP contribution in [0, 0.1) is 17.2 Å². The van der Waals surface area contributed by atoms with Crippen molar-refractivity contribution in [2.45, 2.75) is 38.2 Å². The summed E-state index contributed by atoms with van der Waals surface area (Å²) in [7, 11) is 0. The first-order chi connectivity index (χ1) is 8.79. The Labute approximate surface area is 107 Å². The Hall–Kier alpha value is -1.60. The highest BCUT2D eigenvalue weighted by atomic mass is 16.5. The molecule has 2 rings (SSSR count). The van der Waals surface area contributed by atoms with E-state index in [0.29, 0.717) is 24.1 Å². The summed E-state index contributed by atoms with van der Waals surface area (Å²) in [6.45, 7) is 0.699. The van der Waals surface area contributed by atoms with Crippen molar-refractivity contribution in [3.05, 3.63) is 23.9 Å². The van der Waals surface area contributed by atoms with Crippen LogP contribution in [0.1, 0.15) is 43.9 Å². The van der Waals surface area contributed by atoms with Crippen molar-refractivity contribution in [1.82, 2.24) is 4.98 Å². The van der Waals surface area contributed by atoms with Gasteiger partial charge in [0.15, 0.2) is 0 Å². The van der Waals surface area contributed by atoms with E-state index in [0.717, 1.165) is 0 Å². The molecule has 0 radical (unpaired) electrons. The molecule has 1 atom stereocenters. The molecule has 0 saturated heterocycles. The van der Waals surface area contributed by atoms with Crippen molar-refractivity contribution in [2.75, 3.05) is 6.61 Å². The van der Waals surface area contributed by atoms with Gasteiger partial charge in [0.05, 0.1) is 24.8 Å². The number of aromatic nitrogens is 1. The van der Waals surface area contributed by atoms with Crippen molar-refractivity contribution < 1.29 is 9.84 Å². The summed E-state index contributed by atoms with van der Waals surface area (Å²) in [5, 5.41) is 18.2. The Bertz CT molecular complexity index is 422. The minimum atomic E-state index is -0.829. The molecule has 0 aliphatic heterocycles. The average Bonchev–Trinajstić information content (AvgIpc) is 2.90. The lowest BCUT2D eigenvalue weighted by atomic mass is 10.1. The molecule has 1 aromatic heterocycles. The number of pyridine rings is 1. The lowest BCUT2D eigenvalue weighted by Crippen LogP contribution is -2.10. The molecule has 1 aliphatic rings. The van der Waals surface area contributed by atoms with Crippen LogP contribution in [0.4, 0.5) is 0 Å². The number of hydrogen-bond donors (Lipinski definition) is 1. The van der Waals surface area contributed by atoms with E-state index in [1.54, 1.807) is 18.2 Å². The lowest BCUT2D eigenvalue weighted by molar-refractivity contribution is 0.175. The van der Waals surface area contributed by atoms with Gasteiger partial charge in [0.2, 0.25) is 5.88 Å². The number of ether oxygens (including phenoxy) is 1. The van der Waals surface area contributed by atoms with Gasteiger partial charge in [0, 0.05) is 6.07 Å². The highest BCUT2D eigenvalue weighted by Gasteiger charge is 2.16. The SMILES string of the molecule is N#CC[C@@H](O)c1cccc(OCC2CCCC2)n1. The van der Waals surface area contributed by atoms with Crippen molar-refractivity contribution in [2.24, 2.45) is 5.92 Å². The van der Waals surface area contributed by atoms with E-state index in [-0.39, 0.29) is 6.42 Å². The van der Waals surface area contributed by atoms with Crippen LogP contribution in [0.25, 0.3) is 0 Å². The van der Waals surface area contributed by atoms with Crippen LogP contribution in [-0.4, -0.2) is 16.7 Å². The first-order valence-electron chi connectivity index (χ1n) is 6.44. The van der Waals surface area contributed by atoms with Crippen LogP contribution in [0.15, 0.2) is 18.2 Å². The van der Waals surface area contributed by atoms with E-state index >= 15 is 0 Å². The smallest absolute Gasteiger partial charge is 0.213 e. The van der Waals surface area contributed by atoms with Gasteiger partial charge in [-0.1, -0.05) is 18.9 Å². The van der Waals surface area contributed by atoms with E-state index in [9.17, 15) is 5.11 Å². The van der Waals surface area contributed by atoms with Gasteiger partial charge in [0.1, 0.15) is 6.10 Å². The Balaban J connectivity index is 1.92. The first-order valence-corrected chi connectivity index (χ1v) is 6.44. The zero-order chi connectivity index (χ0) is 12.8. The molecule has 1 heterocycles. The number of hydrogen-bond acceptors (Lipinski definition) is 4. The van der Waals surface area contributed by atoms with Gasteiger partial charge >= 0.3 is 0 Å². The molecular formula is C14H18N2O2. The van der Waals surface area contributed by atoms with Crippen molar-refractivity contribution in [3.8, 4) is 11.9 Å². The molecule has 1 aliphatic carbocycles. The third-order valence-electron chi connectivity index (χ3n) is 3.31. The lowest BCUT2D eigenvalue weighted by Gasteiger charge is -2.12. The number of nitrogens with zero attached hydrogens (tertiary/aromatic N) is 2. The Morgan fingerprint density at radius 3 is 2.94 bits per heavy atom. The van der Waals surface area contributed by atoms with Crippen molar-refractivity contribution in [3.63, 3.8) is 0 Å². The first kappa shape index (κ1) is 12.8. The number of rotatable bonds is 5. The summed E-state index contributed by atoms with van der Waals surface area (Å²) in [6.07, 6.45) is 4.28. The summed E-state index contributed by atoms with van der Waals surface area (Å²) in [4.78, 5) is 4.23. The predicted molar refractivity (Wildman–Crippen MR) is 66.9 cm³/mol. The van der Waals surface area contributed by atoms with Gasteiger partial charge in [-0.3, -0.25) is 0 Å². The fraction of sp³-hybridized carbons (Fsp3) is 0.571. The van der Waals surface area contributed by atoms with Crippen molar-refractivity contribution in [1.29, 1.82) is 5.26 Å². The van der Waals surface area contributed by atoms with Gasteiger partial charge in [0.25, 0.3) is 0 Å². The third-order valence-corrected chi connectivity index (χ3v) is 3.31. The minimum Gasteiger partial charge on any atom is -0.477 e. The van der Waals surface area contributed by atoms with Crippen LogP contribution in [0.3, 0.4) is 0 Å². The molecule has 0 aromatic carbocycles. The zero-order valence-electron chi connectivity index (χ0n) is 10.4. The molecule has 4 heteroatoms. The van der Waals surface area contributed by atoms with Crippen LogP contribution < -0.4 is 4.74 Å². The summed E-state index contributed by atoms with van der Waals surface area (Å²) >= 11 is 0. The molecule has 0 spiro atoms. The fourth-order valence-electron chi connectivity index (χ4n) is 2.27. The van der Waals surface area contributed by atoms with E-state index < -0.39 is 6.10 Å². The molecule has 1 saturated carbocycles.